The van der Waals surface area contributed by atoms with Gasteiger partial charge in [0, 0.05) is 15.7 Å². The number of halogens is 1. The number of amides is 1. The van der Waals surface area contributed by atoms with Crippen molar-refractivity contribution in [3.8, 4) is 11.4 Å². The van der Waals surface area contributed by atoms with E-state index in [0.717, 1.165) is 22.4 Å². The quantitative estimate of drug-likeness (QED) is 0.395. The number of hydrogen-bond donors (Lipinski definition) is 3. The third-order valence-corrected chi connectivity index (χ3v) is 6.67. The largest absolute Gasteiger partial charge is 0.338 e. The summed E-state index contributed by atoms with van der Waals surface area (Å²) in [5.41, 5.74) is 3.51. The summed E-state index contributed by atoms with van der Waals surface area (Å²) in [4.78, 5) is 20.5. The molecular weight excluding hydrogens is 468 g/mol. The standard InChI is InChI=1S/C21H17BrN4O3S/c1-23-30(28,29)15-10-11-17(22)16(12-15)21(27)24-14-8-6-13(7-9-14)20-25-18-4-2-3-5-19(18)26-20/h2-12,23H,1H3,(H,24,27)(H,25,26). The molecular formula is C21H17BrN4O3S. The van der Waals surface area contributed by atoms with Crippen LogP contribution in [0.15, 0.2) is 76.1 Å². The lowest BCUT2D eigenvalue weighted by atomic mass is 10.1. The minimum Gasteiger partial charge on any atom is -0.338 e. The minimum atomic E-state index is -3.65. The number of fused-ring (bicyclic) bond motifs is 1. The van der Waals surface area contributed by atoms with Gasteiger partial charge in [-0.05, 0) is 77.6 Å². The zero-order chi connectivity index (χ0) is 21.3. The minimum absolute atomic E-state index is 0.0126. The number of nitrogens with zero attached hydrogens (tertiary/aromatic N) is 1. The second-order valence-corrected chi connectivity index (χ2v) is 9.22. The van der Waals surface area contributed by atoms with Crippen LogP contribution in [0.3, 0.4) is 0 Å². The third kappa shape index (κ3) is 4.00. The van der Waals surface area contributed by atoms with Crippen molar-refractivity contribution in [1.29, 1.82) is 0 Å². The highest BCUT2D eigenvalue weighted by Crippen LogP contribution is 2.24. The van der Waals surface area contributed by atoms with Gasteiger partial charge in [-0.2, -0.15) is 0 Å². The number of rotatable bonds is 5. The maximum absolute atomic E-state index is 12.7. The predicted octanol–water partition coefficient (Wildman–Crippen LogP) is 4.15. The normalized spacial score (nSPS) is 11.5. The zero-order valence-corrected chi connectivity index (χ0v) is 18.2. The van der Waals surface area contributed by atoms with Crippen molar-refractivity contribution in [2.75, 3.05) is 12.4 Å². The number of para-hydroxylation sites is 2. The number of sulfonamides is 1. The second kappa shape index (κ2) is 8.02. The second-order valence-electron chi connectivity index (χ2n) is 6.48. The Hall–Kier alpha value is -3.01. The zero-order valence-electron chi connectivity index (χ0n) is 15.8. The predicted molar refractivity (Wildman–Crippen MR) is 120 cm³/mol. The molecule has 0 aliphatic carbocycles. The van der Waals surface area contributed by atoms with Crippen LogP contribution in [0.4, 0.5) is 5.69 Å². The van der Waals surface area contributed by atoms with Crippen LogP contribution in [0.1, 0.15) is 10.4 Å². The fraction of sp³-hybridized carbons (Fsp3) is 0.0476. The summed E-state index contributed by atoms with van der Waals surface area (Å²) in [6.07, 6.45) is 0. The highest BCUT2D eigenvalue weighted by atomic mass is 79.9. The highest BCUT2D eigenvalue weighted by Gasteiger charge is 2.17. The summed E-state index contributed by atoms with van der Waals surface area (Å²) in [6.45, 7) is 0. The van der Waals surface area contributed by atoms with Crippen LogP contribution in [-0.2, 0) is 10.0 Å². The average Bonchev–Trinajstić information content (AvgIpc) is 3.18. The van der Waals surface area contributed by atoms with Gasteiger partial charge in [-0.1, -0.05) is 12.1 Å². The first-order chi connectivity index (χ1) is 14.4. The Morgan fingerprint density at radius 3 is 2.47 bits per heavy atom. The lowest BCUT2D eigenvalue weighted by Crippen LogP contribution is -2.20. The average molecular weight is 485 g/mol. The Kier molecular flexibility index (Phi) is 5.42. The number of anilines is 1. The summed E-state index contributed by atoms with van der Waals surface area (Å²) >= 11 is 3.30. The van der Waals surface area contributed by atoms with Gasteiger partial charge in [0.15, 0.2) is 0 Å². The van der Waals surface area contributed by atoms with E-state index in [1.54, 1.807) is 12.1 Å². The molecule has 1 aromatic heterocycles. The van der Waals surface area contributed by atoms with E-state index in [2.05, 4.69) is 35.9 Å². The molecule has 4 rings (SSSR count). The molecule has 0 bridgehead atoms. The van der Waals surface area contributed by atoms with Crippen LogP contribution in [-0.4, -0.2) is 31.3 Å². The van der Waals surface area contributed by atoms with Crippen molar-refractivity contribution >= 4 is 48.6 Å². The molecule has 9 heteroatoms. The Morgan fingerprint density at radius 1 is 1.03 bits per heavy atom. The molecule has 3 N–H and O–H groups in total. The van der Waals surface area contributed by atoms with Gasteiger partial charge in [0.2, 0.25) is 10.0 Å². The van der Waals surface area contributed by atoms with Gasteiger partial charge in [0.25, 0.3) is 5.91 Å². The fourth-order valence-electron chi connectivity index (χ4n) is 2.96. The molecule has 0 saturated heterocycles. The molecule has 0 aliphatic heterocycles. The maximum atomic E-state index is 12.7. The van der Waals surface area contributed by atoms with E-state index in [0.29, 0.717) is 10.2 Å². The highest BCUT2D eigenvalue weighted by molar-refractivity contribution is 9.10. The van der Waals surface area contributed by atoms with Gasteiger partial charge >= 0.3 is 0 Å². The van der Waals surface area contributed by atoms with Gasteiger partial charge in [0.05, 0.1) is 21.5 Å². The van der Waals surface area contributed by atoms with Gasteiger partial charge in [0.1, 0.15) is 5.82 Å². The van der Waals surface area contributed by atoms with Crippen LogP contribution < -0.4 is 10.0 Å². The number of imidazole rings is 1. The van der Waals surface area contributed by atoms with Crippen molar-refractivity contribution in [3.63, 3.8) is 0 Å². The Balaban J connectivity index is 1.56. The van der Waals surface area contributed by atoms with Crippen LogP contribution >= 0.6 is 15.9 Å². The van der Waals surface area contributed by atoms with Gasteiger partial charge in [-0.3, -0.25) is 4.79 Å². The van der Waals surface area contributed by atoms with Crippen molar-refractivity contribution in [3.05, 3.63) is 76.8 Å². The number of carbonyl (C=O) groups excluding carboxylic acids is 1. The first kappa shape index (κ1) is 20.3. The summed E-state index contributed by atoms with van der Waals surface area (Å²) in [5, 5.41) is 2.79. The molecule has 0 radical (unpaired) electrons. The fourth-order valence-corrected chi connectivity index (χ4v) is 4.15. The number of benzene rings is 3. The Bertz CT molecular complexity index is 1320. The summed E-state index contributed by atoms with van der Waals surface area (Å²) in [7, 11) is -2.33. The molecule has 30 heavy (non-hydrogen) atoms. The summed E-state index contributed by atoms with van der Waals surface area (Å²) in [5.74, 6) is 0.313. The number of carbonyl (C=O) groups is 1. The smallest absolute Gasteiger partial charge is 0.256 e. The molecule has 0 saturated carbocycles. The molecule has 1 amide bonds. The third-order valence-electron chi connectivity index (χ3n) is 4.57. The van der Waals surface area contributed by atoms with Crippen molar-refractivity contribution in [2.24, 2.45) is 0 Å². The monoisotopic (exact) mass is 484 g/mol. The van der Waals surface area contributed by atoms with E-state index < -0.39 is 15.9 Å². The van der Waals surface area contributed by atoms with Crippen molar-refractivity contribution in [1.82, 2.24) is 14.7 Å². The van der Waals surface area contributed by atoms with Crippen molar-refractivity contribution in [2.45, 2.75) is 4.90 Å². The van der Waals surface area contributed by atoms with E-state index >= 15 is 0 Å². The first-order valence-electron chi connectivity index (χ1n) is 8.97. The Morgan fingerprint density at radius 2 is 1.77 bits per heavy atom. The van der Waals surface area contributed by atoms with Gasteiger partial charge in [-0.15, -0.1) is 0 Å². The number of aromatic nitrogens is 2. The van der Waals surface area contributed by atoms with E-state index in [9.17, 15) is 13.2 Å². The molecule has 0 unspecified atom stereocenters. The van der Waals surface area contributed by atoms with E-state index in [-0.39, 0.29) is 10.5 Å². The lowest BCUT2D eigenvalue weighted by molar-refractivity contribution is 0.102. The van der Waals surface area contributed by atoms with E-state index in [1.165, 1.54) is 25.2 Å². The molecule has 0 spiro atoms. The SMILES string of the molecule is CNS(=O)(=O)c1ccc(Br)c(C(=O)Nc2ccc(-c3nc4ccccc4[nH]3)cc2)c1. The molecule has 0 fully saturated rings. The van der Waals surface area contributed by atoms with Crippen molar-refractivity contribution < 1.29 is 13.2 Å². The molecule has 0 atom stereocenters. The lowest BCUT2D eigenvalue weighted by Gasteiger charge is -2.10. The van der Waals surface area contributed by atoms with Crippen LogP contribution in [0.5, 0.6) is 0 Å². The number of nitrogens with one attached hydrogen (secondary N) is 3. The van der Waals surface area contributed by atoms with E-state index in [4.69, 9.17) is 0 Å². The molecule has 4 aromatic rings. The Labute approximate surface area is 181 Å². The first-order valence-corrected chi connectivity index (χ1v) is 11.2. The molecule has 1 heterocycles. The maximum Gasteiger partial charge on any atom is 0.256 e. The summed E-state index contributed by atoms with van der Waals surface area (Å²) in [6, 6.07) is 19.3. The molecule has 0 aliphatic rings. The molecule has 3 aromatic carbocycles. The molecule has 152 valence electrons. The van der Waals surface area contributed by atoms with Gasteiger partial charge < -0.3 is 10.3 Å². The van der Waals surface area contributed by atoms with E-state index in [1.807, 2.05) is 36.4 Å². The topological polar surface area (TPSA) is 104 Å². The van der Waals surface area contributed by atoms with Gasteiger partial charge in [-0.25, -0.2) is 18.1 Å². The van der Waals surface area contributed by atoms with Crippen LogP contribution in [0, 0.1) is 0 Å². The summed E-state index contributed by atoms with van der Waals surface area (Å²) < 4.78 is 26.8. The number of H-pyrrole nitrogens is 1. The molecule has 7 nitrogen and oxygen atoms in total. The number of hydrogen-bond acceptors (Lipinski definition) is 4. The van der Waals surface area contributed by atoms with Crippen LogP contribution in [0.2, 0.25) is 0 Å². The van der Waals surface area contributed by atoms with Crippen LogP contribution in [0.25, 0.3) is 22.4 Å². The number of aromatic amines is 1.